The summed E-state index contributed by atoms with van der Waals surface area (Å²) in [5.74, 6) is -0.853. The van der Waals surface area contributed by atoms with Crippen molar-refractivity contribution in [2.24, 2.45) is 17.3 Å². The van der Waals surface area contributed by atoms with Gasteiger partial charge in [0.1, 0.15) is 5.01 Å². The third kappa shape index (κ3) is 3.91. The Morgan fingerprint density at radius 1 is 1.40 bits per heavy atom. The molecule has 1 aromatic rings. The minimum absolute atomic E-state index is 0.0222. The SMILES string of the molecule is CC(C)Cc1nnc(NC(=O)N2CCC(C(F)(F)F)C3(CCC3)C2)s1. The van der Waals surface area contributed by atoms with Gasteiger partial charge in [-0.05, 0) is 30.6 Å². The third-order valence-corrected chi connectivity index (χ3v) is 6.09. The molecular formula is C16H23F3N4OS. The van der Waals surface area contributed by atoms with Gasteiger partial charge in [0.15, 0.2) is 0 Å². The van der Waals surface area contributed by atoms with Crippen molar-refractivity contribution in [3.05, 3.63) is 5.01 Å². The van der Waals surface area contributed by atoms with Crippen LogP contribution in [0.4, 0.5) is 23.1 Å². The number of alkyl halides is 3. The number of likely N-dealkylation sites (tertiary alicyclic amines) is 1. The van der Waals surface area contributed by atoms with Gasteiger partial charge in [-0.2, -0.15) is 13.2 Å². The summed E-state index contributed by atoms with van der Waals surface area (Å²) in [6, 6.07) is -0.376. The Kier molecular flexibility index (Phi) is 4.96. The predicted molar refractivity (Wildman–Crippen MR) is 89.5 cm³/mol. The molecule has 1 aliphatic heterocycles. The molecular weight excluding hydrogens is 353 g/mol. The van der Waals surface area contributed by atoms with Crippen LogP contribution in [0, 0.1) is 17.3 Å². The first-order valence-electron chi connectivity index (χ1n) is 8.65. The van der Waals surface area contributed by atoms with Crippen molar-refractivity contribution in [2.75, 3.05) is 18.4 Å². The quantitative estimate of drug-likeness (QED) is 0.855. The van der Waals surface area contributed by atoms with Crippen molar-refractivity contribution < 1.29 is 18.0 Å². The second kappa shape index (κ2) is 6.74. The first-order valence-corrected chi connectivity index (χ1v) is 9.46. The van der Waals surface area contributed by atoms with Crippen molar-refractivity contribution in [3.8, 4) is 0 Å². The lowest BCUT2D eigenvalue weighted by Crippen LogP contribution is -2.58. The fourth-order valence-corrected chi connectivity index (χ4v) is 4.83. The first-order chi connectivity index (χ1) is 11.7. The average Bonchev–Trinajstić information content (AvgIpc) is 2.90. The number of amides is 2. The van der Waals surface area contributed by atoms with Crippen molar-refractivity contribution in [2.45, 2.75) is 52.1 Å². The van der Waals surface area contributed by atoms with E-state index in [0.717, 1.165) is 17.8 Å². The summed E-state index contributed by atoms with van der Waals surface area (Å²) in [7, 11) is 0. The van der Waals surface area contributed by atoms with Gasteiger partial charge in [0, 0.05) is 19.5 Å². The van der Waals surface area contributed by atoms with Crippen LogP contribution < -0.4 is 5.32 Å². The second-order valence-corrected chi connectivity index (χ2v) is 8.61. The van der Waals surface area contributed by atoms with E-state index in [1.807, 2.05) is 0 Å². The molecule has 1 unspecified atom stereocenters. The van der Waals surface area contributed by atoms with E-state index in [4.69, 9.17) is 0 Å². The number of hydrogen-bond acceptors (Lipinski definition) is 4. The first kappa shape index (κ1) is 18.4. The number of piperidine rings is 1. The summed E-state index contributed by atoms with van der Waals surface area (Å²) >= 11 is 1.32. The van der Waals surface area contributed by atoms with Crippen LogP contribution in [0.1, 0.15) is 44.5 Å². The standard InChI is InChI=1S/C16H23F3N4OS/c1-10(2)8-12-21-22-13(25-12)20-14(24)23-7-4-11(16(17,18)19)15(9-23)5-3-6-15/h10-11H,3-9H2,1-2H3,(H,20,22,24). The van der Waals surface area contributed by atoms with Crippen LogP contribution in [-0.4, -0.2) is 40.4 Å². The van der Waals surface area contributed by atoms with Gasteiger partial charge >= 0.3 is 12.2 Å². The molecule has 2 heterocycles. The van der Waals surface area contributed by atoms with Crippen LogP contribution in [0.2, 0.25) is 0 Å². The molecule has 9 heteroatoms. The van der Waals surface area contributed by atoms with Crippen molar-refractivity contribution in [1.29, 1.82) is 0 Å². The number of carbonyl (C=O) groups excluding carboxylic acids is 1. The number of rotatable bonds is 3. The van der Waals surface area contributed by atoms with Crippen LogP contribution in [0.25, 0.3) is 0 Å². The van der Waals surface area contributed by atoms with Gasteiger partial charge in [-0.1, -0.05) is 31.6 Å². The lowest BCUT2D eigenvalue weighted by molar-refractivity contribution is -0.234. The average molecular weight is 376 g/mol. The fourth-order valence-electron chi connectivity index (χ4n) is 3.89. The van der Waals surface area contributed by atoms with Gasteiger partial charge < -0.3 is 4.90 Å². The summed E-state index contributed by atoms with van der Waals surface area (Å²) in [5, 5.41) is 11.9. The highest BCUT2D eigenvalue weighted by atomic mass is 32.1. The summed E-state index contributed by atoms with van der Waals surface area (Å²) in [6.45, 7) is 4.43. The molecule has 0 aromatic carbocycles. The molecule has 25 heavy (non-hydrogen) atoms. The molecule has 2 fully saturated rings. The molecule has 0 bridgehead atoms. The fraction of sp³-hybridized carbons (Fsp3) is 0.812. The molecule has 1 aliphatic carbocycles. The summed E-state index contributed by atoms with van der Waals surface area (Å²) in [4.78, 5) is 14.0. The lowest BCUT2D eigenvalue weighted by Gasteiger charge is -2.53. The molecule has 3 rings (SSSR count). The molecule has 1 saturated heterocycles. The Morgan fingerprint density at radius 3 is 2.68 bits per heavy atom. The number of halogens is 3. The zero-order chi connectivity index (χ0) is 18.2. The van der Waals surface area contributed by atoms with Gasteiger partial charge in [0.25, 0.3) is 0 Å². The topological polar surface area (TPSA) is 58.1 Å². The minimum Gasteiger partial charge on any atom is -0.324 e. The summed E-state index contributed by atoms with van der Waals surface area (Å²) in [5.41, 5.74) is -0.794. The zero-order valence-corrected chi connectivity index (χ0v) is 15.2. The Labute approximate surface area is 149 Å². The number of aromatic nitrogens is 2. The molecule has 140 valence electrons. The normalized spacial score (nSPS) is 23.0. The second-order valence-electron chi connectivity index (χ2n) is 7.55. The molecule has 1 N–H and O–H groups in total. The van der Waals surface area contributed by atoms with E-state index in [9.17, 15) is 18.0 Å². The molecule has 1 atom stereocenters. The highest BCUT2D eigenvalue weighted by Crippen LogP contribution is 2.56. The number of anilines is 1. The Balaban J connectivity index is 1.63. The van der Waals surface area contributed by atoms with Crippen LogP contribution in [0.15, 0.2) is 0 Å². The van der Waals surface area contributed by atoms with Gasteiger partial charge in [-0.15, -0.1) is 10.2 Å². The van der Waals surface area contributed by atoms with E-state index in [0.29, 0.717) is 23.9 Å². The predicted octanol–water partition coefficient (Wildman–Crippen LogP) is 4.32. The lowest BCUT2D eigenvalue weighted by atomic mass is 9.58. The van der Waals surface area contributed by atoms with E-state index in [-0.39, 0.29) is 25.5 Å². The number of nitrogens with one attached hydrogen (secondary N) is 1. The van der Waals surface area contributed by atoms with Gasteiger partial charge in [0.05, 0.1) is 5.92 Å². The monoisotopic (exact) mass is 376 g/mol. The number of carbonyl (C=O) groups is 1. The maximum absolute atomic E-state index is 13.3. The summed E-state index contributed by atoms with van der Waals surface area (Å²) < 4.78 is 39.9. The van der Waals surface area contributed by atoms with Gasteiger partial charge in [0.2, 0.25) is 5.13 Å². The van der Waals surface area contributed by atoms with E-state index in [1.54, 1.807) is 0 Å². The highest BCUT2D eigenvalue weighted by molar-refractivity contribution is 7.15. The molecule has 1 aromatic heterocycles. The maximum Gasteiger partial charge on any atom is 0.392 e. The van der Waals surface area contributed by atoms with E-state index in [2.05, 4.69) is 29.4 Å². The third-order valence-electron chi connectivity index (χ3n) is 5.23. The Hall–Kier alpha value is -1.38. The zero-order valence-electron chi connectivity index (χ0n) is 14.4. The number of urea groups is 1. The maximum atomic E-state index is 13.3. The number of hydrogen-bond donors (Lipinski definition) is 1. The molecule has 2 amide bonds. The van der Waals surface area contributed by atoms with Crippen LogP contribution in [0.3, 0.4) is 0 Å². The van der Waals surface area contributed by atoms with Crippen molar-refractivity contribution in [1.82, 2.24) is 15.1 Å². The summed E-state index contributed by atoms with van der Waals surface area (Å²) in [6.07, 6.45) is -1.54. The minimum atomic E-state index is -4.19. The highest BCUT2D eigenvalue weighted by Gasteiger charge is 2.58. The molecule has 5 nitrogen and oxygen atoms in total. The van der Waals surface area contributed by atoms with Gasteiger partial charge in [-0.3, -0.25) is 5.32 Å². The molecule has 1 saturated carbocycles. The van der Waals surface area contributed by atoms with E-state index in [1.165, 1.54) is 16.2 Å². The van der Waals surface area contributed by atoms with Crippen molar-refractivity contribution >= 4 is 22.5 Å². The Morgan fingerprint density at radius 2 is 2.12 bits per heavy atom. The number of nitrogens with zero attached hydrogens (tertiary/aromatic N) is 3. The molecule has 2 aliphatic rings. The van der Waals surface area contributed by atoms with Crippen LogP contribution in [0.5, 0.6) is 0 Å². The largest absolute Gasteiger partial charge is 0.392 e. The molecule has 1 spiro atoms. The molecule has 0 radical (unpaired) electrons. The van der Waals surface area contributed by atoms with E-state index >= 15 is 0 Å². The van der Waals surface area contributed by atoms with Crippen LogP contribution in [-0.2, 0) is 6.42 Å². The van der Waals surface area contributed by atoms with E-state index < -0.39 is 17.5 Å². The van der Waals surface area contributed by atoms with Crippen LogP contribution >= 0.6 is 11.3 Å². The van der Waals surface area contributed by atoms with Crippen molar-refractivity contribution in [3.63, 3.8) is 0 Å². The Bertz CT molecular complexity index is 627. The van der Waals surface area contributed by atoms with Gasteiger partial charge in [-0.25, -0.2) is 4.79 Å². The smallest absolute Gasteiger partial charge is 0.324 e.